The summed E-state index contributed by atoms with van der Waals surface area (Å²) in [5.74, 6) is 0. The van der Waals surface area contributed by atoms with Gasteiger partial charge in [-0.25, -0.2) is 0 Å². The van der Waals surface area contributed by atoms with Gasteiger partial charge in [-0.1, -0.05) is 84.0 Å². The van der Waals surface area contributed by atoms with Crippen LogP contribution < -0.4 is 0 Å². The van der Waals surface area contributed by atoms with E-state index in [1.54, 1.807) is 0 Å². The predicted molar refractivity (Wildman–Crippen MR) is 138 cm³/mol. The first-order chi connectivity index (χ1) is 13.8. The number of rotatable bonds is 24. The van der Waals surface area contributed by atoms with Crippen LogP contribution in [-0.4, -0.2) is 69.6 Å². The van der Waals surface area contributed by atoms with E-state index in [0.29, 0.717) is 0 Å². The summed E-state index contributed by atoms with van der Waals surface area (Å²) in [4.78, 5) is 0. The van der Waals surface area contributed by atoms with E-state index >= 15 is 0 Å². The summed E-state index contributed by atoms with van der Waals surface area (Å²) in [6.45, 7) is 4.59. The van der Waals surface area contributed by atoms with Crippen molar-refractivity contribution in [3.05, 3.63) is 0 Å². The lowest BCUT2D eigenvalue weighted by Crippen LogP contribution is -2.22. The van der Waals surface area contributed by atoms with Crippen LogP contribution >= 0.6 is 0 Å². The predicted octanol–water partition coefficient (Wildman–Crippen LogP) is -0.585. The molecular formula is C15H46O6Si7. The van der Waals surface area contributed by atoms with Gasteiger partial charge in [-0.05, 0) is 12.6 Å². The zero-order chi connectivity index (χ0) is 20.5. The fraction of sp³-hybridized carbons (Fsp3) is 1.00. The van der Waals surface area contributed by atoms with Gasteiger partial charge in [0.25, 0.3) is 50.0 Å². The van der Waals surface area contributed by atoms with Gasteiger partial charge in [-0.3, -0.25) is 0 Å². The van der Waals surface area contributed by atoms with E-state index in [1.807, 2.05) is 0 Å². The lowest BCUT2D eigenvalue weighted by molar-refractivity contribution is 0.378. The molecule has 0 aromatic rings. The molecule has 13 heteroatoms. The van der Waals surface area contributed by atoms with Gasteiger partial charge in [-0.15, -0.1) is 0 Å². The van der Waals surface area contributed by atoms with Crippen molar-refractivity contribution in [1.82, 2.24) is 0 Å². The zero-order valence-corrected chi connectivity index (χ0v) is 29.0. The Kier molecular flexibility index (Phi) is 27.5. The van der Waals surface area contributed by atoms with Crippen molar-refractivity contribution < 1.29 is 24.7 Å². The average Bonchev–Trinajstić information content (AvgIpc) is 2.70. The van der Waals surface area contributed by atoms with Crippen molar-refractivity contribution in [3.8, 4) is 0 Å². The van der Waals surface area contributed by atoms with E-state index in [-0.39, 0.29) is 0 Å². The SMILES string of the molecule is CCCCCCCCCCCCCC[SiH](C)O[SiH2]O[SiH2]O[SiH2]O[SiH2]O[SiH2]O[SiH3]. The van der Waals surface area contributed by atoms with Crippen molar-refractivity contribution in [1.29, 1.82) is 0 Å². The van der Waals surface area contributed by atoms with Gasteiger partial charge in [-0.2, -0.15) is 0 Å². The minimum atomic E-state index is -1.00. The van der Waals surface area contributed by atoms with E-state index in [9.17, 15) is 0 Å². The van der Waals surface area contributed by atoms with Crippen LogP contribution in [0.4, 0.5) is 0 Å². The van der Waals surface area contributed by atoms with Gasteiger partial charge in [0.05, 0.1) is 0 Å². The first-order valence-electron chi connectivity index (χ1n) is 11.2. The largest absolute Gasteiger partial charge is 0.449 e. The molecule has 0 heterocycles. The summed E-state index contributed by atoms with van der Waals surface area (Å²) < 4.78 is 32.9. The second-order valence-corrected chi connectivity index (χ2v) is 20.9. The summed E-state index contributed by atoms with van der Waals surface area (Å²) in [5, 5.41) is 0. The first kappa shape index (κ1) is 29.3. The molecule has 0 saturated carbocycles. The lowest BCUT2D eigenvalue weighted by Gasteiger charge is -2.12. The normalized spacial score (nSPS) is 14.8. The highest BCUT2D eigenvalue weighted by molar-refractivity contribution is 6.57. The molecule has 0 bridgehead atoms. The standard InChI is InChI=1S/C15H46O6Si7/c1-3-4-5-6-7-8-9-10-11-12-13-14-15-28(2)21-27-20-26-19-25-18-24-17-23-16-22/h28H,3-15,23-27H2,1-2,22H3. The second-order valence-electron chi connectivity index (χ2n) is 7.35. The van der Waals surface area contributed by atoms with Crippen LogP contribution in [-0.2, 0) is 24.7 Å². The summed E-state index contributed by atoms with van der Waals surface area (Å²) in [6, 6.07) is 1.29. The zero-order valence-electron chi connectivity index (χ0n) is 18.8. The second kappa shape index (κ2) is 26.3. The van der Waals surface area contributed by atoms with Gasteiger partial charge in [0.2, 0.25) is 0 Å². The van der Waals surface area contributed by atoms with Crippen LogP contribution in [0.3, 0.4) is 0 Å². The van der Waals surface area contributed by atoms with E-state index in [0.717, 1.165) is 10.5 Å². The molecule has 0 aromatic heterocycles. The minimum absolute atomic E-state index is 0.718. The smallest absolute Gasteiger partial charge is 0.286 e. The summed E-state index contributed by atoms with van der Waals surface area (Å²) in [5.41, 5.74) is 0. The fourth-order valence-corrected chi connectivity index (χ4v) is 14.5. The monoisotopic (exact) mass is 518 g/mol. The van der Waals surface area contributed by atoms with Crippen LogP contribution in [0, 0.1) is 0 Å². The molecule has 0 saturated heterocycles. The van der Waals surface area contributed by atoms with Gasteiger partial charge in [0.15, 0.2) is 9.04 Å². The highest BCUT2D eigenvalue weighted by Gasteiger charge is 2.04. The Morgan fingerprint density at radius 3 is 1.54 bits per heavy atom. The van der Waals surface area contributed by atoms with E-state index in [2.05, 4.69) is 13.5 Å². The van der Waals surface area contributed by atoms with Gasteiger partial charge < -0.3 is 24.7 Å². The molecule has 6 nitrogen and oxygen atoms in total. The van der Waals surface area contributed by atoms with Crippen LogP contribution in [0.2, 0.25) is 12.6 Å². The Balaban J connectivity index is 3.12. The molecule has 0 spiro atoms. The third-order valence-electron chi connectivity index (χ3n) is 4.60. The van der Waals surface area contributed by atoms with Crippen LogP contribution in [0.5, 0.6) is 0 Å². The third-order valence-corrected chi connectivity index (χ3v) is 14.9. The Bertz CT molecular complexity index is 298. The first-order valence-corrected chi connectivity index (χ1v) is 20.3. The van der Waals surface area contributed by atoms with E-state index < -0.39 is 59.1 Å². The molecule has 0 radical (unpaired) electrons. The molecule has 0 N–H and O–H groups in total. The molecule has 0 fully saturated rings. The molecule has 170 valence electrons. The lowest BCUT2D eigenvalue weighted by atomic mass is 10.1. The number of unbranched alkanes of at least 4 members (excludes halogenated alkanes) is 11. The minimum Gasteiger partial charge on any atom is -0.449 e. The summed E-state index contributed by atoms with van der Waals surface area (Å²) >= 11 is 0. The molecule has 1 atom stereocenters. The molecule has 0 aliphatic heterocycles. The maximum absolute atomic E-state index is 5.96. The summed E-state index contributed by atoms with van der Waals surface area (Å²) in [6.07, 6.45) is 16.9. The van der Waals surface area contributed by atoms with Crippen LogP contribution in [0.25, 0.3) is 0 Å². The Labute approximate surface area is 190 Å². The molecule has 0 aromatic carbocycles. The van der Waals surface area contributed by atoms with E-state index in [1.165, 1.54) is 83.1 Å². The molecule has 0 rings (SSSR count). The van der Waals surface area contributed by atoms with Crippen molar-refractivity contribution in [2.45, 2.75) is 96.6 Å². The van der Waals surface area contributed by atoms with Crippen molar-refractivity contribution in [2.75, 3.05) is 0 Å². The van der Waals surface area contributed by atoms with Crippen molar-refractivity contribution in [3.63, 3.8) is 0 Å². The maximum atomic E-state index is 5.96. The Hall–Kier alpha value is 1.28. The van der Waals surface area contributed by atoms with Crippen LogP contribution in [0.15, 0.2) is 0 Å². The molecule has 28 heavy (non-hydrogen) atoms. The highest BCUT2D eigenvalue weighted by atomic mass is 28.4. The van der Waals surface area contributed by atoms with E-state index in [4.69, 9.17) is 24.7 Å². The maximum Gasteiger partial charge on any atom is 0.286 e. The van der Waals surface area contributed by atoms with Gasteiger partial charge in [0, 0.05) is 0 Å². The van der Waals surface area contributed by atoms with Crippen molar-refractivity contribution in [2.24, 2.45) is 0 Å². The molecule has 1 unspecified atom stereocenters. The Morgan fingerprint density at radius 2 is 1.04 bits per heavy atom. The van der Waals surface area contributed by atoms with Gasteiger partial charge >= 0.3 is 0 Å². The summed E-state index contributed by atoms with van der Waals surface area (Å²) in [7, 11) is -4.32. The van der Waals surface area contributed by atoms with Gasteiger partial charge in [0.1, 0.15) is 10.5 Å². The Morgan fingerprint density at radius 1 is 0.607 bits per heavy atom. The molecule has 0 amide bonds. The topological polar surface area (TPSA) is 55.4 Å². The van der Waals surface area contributed by atoms with Crippen molar-refractivity contribution >= 4 is 69.6 Å². The van der Waals surface area contributed by atoms with Crippen LogP contribution in [0.1, 0.15) is 84.0 Å². The fourth-order valence-electron chi connectivity index (χ4n) is 2.92. The molecule has 0 aliphatic rings. The quantitative estimate of drug-likeness (QED) is 0.126. The molecule has 0 aliphatic carbocycles. The molecular weight excluding hydrogens is 473 g/mol. The average molecular weight is 519 g/mol. The number of hydrogen-bond acceptors (Lipinski definition) is 6. The number of hydrogen-bond donors (Lipinski definition) is 0. The highest BCUT2D eigenvalue weighted by Crippen LogP contribution is 2.13. The third kappa shape index (κ3) is 25.3.